The van der Waals surface area contributed by atoms with Crippen molar-refractivity contribution < 1.29 is 8.82 Å². The van der Waals surface area contributed by atoms with E-state index < -0.39 is 14.4 Å². The fourth-order valence-electron chi connectivity index (χ4n) is 3.75. The molecule has 1 aliphatic carbocycles. The van der Waals surface area contributed by atoms with E-state index in [1.54, 1.807) is 0 Å². The first-order valence-corrected chi connectivity index (χ1v) is 10.7. The highest BCUT2D eigenvalue weighted by atomic mass is 28.4. The van der Waals surface area contributed by atoms with Crippen molar-refractivity contribution in [3.05, 3.63) is 72.6 Å². The van der Waals surface area contributed by atoms with E-state index in [1.807, 2.05) is 36.4 Å². The van der Waals surface area contributed by atoms with Crippen molar-refractivity contribution >= 4 is 18.7 Å². The lowest BCUT2D eigenvalue weighted by Gasteiger charge is -2.44. The van der Waals surface area contributed by atoms with Gasteiger partial charge in [0.1, 0.15) is 5.83 Å². The number of rotatable bonds is 4. The average molecular weight is 356 g/mol. The second kappa shape index (κ2) is 6.87. The number of hydrogen-bond donors (Lipinski definition) is 1. The zero-order valence-corrected chi connectivity index (χ0v) is 16.1. The zero-order chi connectivity index (χ0) is 18.1. The fraction of sp³-hybridized carbons (Fsp3) is 0.333. The third kappa shape index (κ3) is 3.34. The van der Waals surface area contributed by atoms with Crippen LogP contribution in [-0.4, -0.2) is 20.5 Å². The fourth-order valence-corrected chi connectivity index (χ4v) is 8.40. The van der Waals surface area contributed by atoms with Crippen molar-refractivity contribution in [2.75, 3.05) is 0 Å². The molecule has 0 bridgehead atoms. The number of hydrogen-bond acceptors (Lipinski definition) is 2. The lowest BCUT2D eigenvalue weighted by atomic mass is 10.2. The summed E-state index contributed by atoms with van der Waals surface area (Å²) in [5.74, 6) is -0.236. The van der Waals surface area contributed by atoms with Gasteiger partial charge in [-0.25, -0.2) is 4.39 Å². The van der Waals surface area contributed by atoms with Gasteiger partial charge in [0.15, 0.2) is 0 Å². The Bertz CT molecular complexity index is 700. The van der Waals surface area contributed by atoms with Crippen molar-refractivity contribution in [3.8, 4) is 0 Å². The summed E-state index contributed by atoms with van der Waals surface area (Å²) in [6.45, 7) is 6.57. The van der Waals surface area contributed by atoms with Crippen molar-refractivity contribution in [1.29, 1.82) is 0 Å². The summed E-state index contributed by atoms with van der Waals surface area (Å²) in [7, 11) is -2.72. The molecular weight excluding hydrogens is 329 g/mol. The molecule has 0 aliphatic heterocycles. The van der Waals surface area contributed by atoms with Gasteiger partial charge < -0.3 is 10.2 Å². The van der Waals surface area contributed by atoms with E-state index in [-0.39, 0.29) is 16.9 Å². The molecule has 25 heavy (non-hydrogen) atoms. The second-order valence-corrected chi connectivity index (χ2v) is 12.0. The van der Waals surface area contributed by atoms with E-state index in [4.69, 9.17) is 10.2 Å². The van der Waals surface area contributed by atoms with Crippen molar-refractivity contribution in [3.63, 3.8) is 0 Å². The first-order chi connectivity index (χ1) is 11.8. The van der Waals surface area contributed by atoms with Crippen LogP contribution in [0.2, 0.25) is 5.04 Å². The molecule has 132 valence electrons. The minimum absolute atomic E-state index is 0.164. The Morgan fingerprint density at radius 1 is 0.960 bits per heavy atom. The van der Waals surface area contributed by atoms with Crippen LogP contribution in [0, 0.1) is 0 Å². The molecule has 0 radical (unpaired) electrons. The van der Waals surface area contributed by atoms with Crippen molar-refractivity contribution in [2.24, 2.45) is 5.73 Å². The van der Waals surface area contributed by atoms with E-state index in [0.29, 0.717) is 6.42 Å². The smallest absolute Gasteiger partial charge is 0.262 e. The molecule has 0 unspecified atom stereocenters. The van der Waals surface area contributed by atoms with Crippen molar-refractivity contribution in [1.82, 2.24) is 0 Å². The van der Waals surface area contributed by atoms with Gasteiger partial charge in [0.25, 0.3) is 8.32 Å². The topological polar surface area (TPSA) is 35.2 Å². The summed E-state index contributed by atoms with van der Waals surface area (Å²) in [6, 6.07) is 20.3. The highest BCUT2D eigenvalue weighted by Gasteiger charge is 2.52. The second-order valence-electron chi connectivity index (χ2n) is 7.72. The van der Waals surface area contributed by atoms with E-state index in [9.17, 15) is 4.39 Å². The first kappa shape index (κ1) is 18.1. The molecule has 2 aromatic rings. The molecule has 0 aromatic heterocycles. The zero-order valence-electron chi connectivity index (χ0n) is 15.1. The number of nitrogens with two attached hydrogens (primary N) is 1. The number of benzene rings is 2. The van der Waals surface area contributed by atoms with E-state index in [0.717, 1.165) is 10.4 Å². The van der Waals surface area contributed by atoms with Gasteiger partial charge in [-0.05, 0) is 27.9 Å². The molecule has 2 N–H and O–H groups in total. The summed E-state index contributed by atoms with van der Waals surface area (Å²) in [6.07, 6.45) is 1.42. The molecule has 0 fully saturated rings. The van der Waals surface area contributed by atoms with Gasteiger partial charge in [-0.15, -0.1) is 0 Å². The summed E-state index contributed by atoms with van der Waals surface area (Å²) >= 11 is 0. The Balaban J connectivity index is 2.18. The maximum Gasteiger partial charge on any atom is 0.262 e. The Morgan fingerprint density at radius 3 is 1.80 bits per heavy atom. The van der Waals surface area contributed by atoms with Gasteiger partial charge in [0, 0.05) is 6.04 Å². The van der Waals surface area contributed by atoms with Crippen LogP contribution in [0.5, 0.6) is 0 Å². The van der Waals surface area contributed by atoms with E-state index in [2.05, 4.69) is 45.0 Å². The third-order valence-corrected chi connectivity index (χ3v) is 9.95. The van der Waals surface area contributed by atoms with Gasteiger partial charge in [-0.2, -0.15) is 0 Å². The molecule has 0 spiro atoms. The van der Waals surface area contributed by atoms with E-state index >= 15 is 0 Å². The van der Waals surface area contributed by atoms with E-state index in [1.165, 1.54) is 6.08 Å². The third-order valence-electron chi connectivity index (χ3n) is 4.90. The minimum atomic E-state index is -2.72. The molecule has 3 rings (SSSR count). The summed E-state index contributed by atoms with van der Waals surface area (Å²) in [5.41, 5.74) is 5.94. The predicted molar refractivity (Wildman–Crippen MR) is 104 cm³/mol. The molecular formula is C21H26FNOSi. The normalized spacial score (nSPS) is 21.2. The standard InChI is InChI=1S/C21H26FNOSi/c1-21(2,3)25(17-10-6-4-7-11-17,18-12-8-5-9-13-18)24-20-15-16(23)14-19(20)22/h4-14,16,20H,15,23H2,1-3H3/t16-,20+/m0/s1. The maximum absolute atomic E-state index is 14.5. The molecule has 2 atom stereocenters. The lowest BCUT2D eigenvalue weighted by molar-refractivity contribution is 0.194. The van der Waals surface area contributed by atoms with Crippen molar-refractivity contribution in [2.45, 2.75) is 44.4 Å². The van der Waals surface area contributed by atoms with Crippen LogP contribution in [0.4, 0.5) is 4.39 Å². The highest BCUT2D eigenvalue weighted by molar-refractivity contribution is 6.99. The predicted octanol–water partition coefficient (Wildman–Crippen LogP) is 3.52. The largest absolute Gasteiger partial charge is 0.398 e. The van der Waals surface area contributed by atoms with Gasteiger partial charge in [0.05, 0.1) is 6.10 Å². The van der Waals surface area contributed by atoms with Crippen LogP contribution in [0.25, 0.3) is 0 Å². The van der Waals surface area contributed by atoms with Crippen LogP contribution in [0.15, 0.2) is 72.6 Å². The van der Waals surface area contributed by atoms with Gasteiger partial charge in [-0.1, -0.05) is 81.4 Å². The molecule has 0 amide bonds. The number of halogens is 1. The summed E-state index contributed by atoms with van der Waals surface area (Å²) in [4.78, 5) is 0. The quantitative estimate of drug-likeness (QED) is 0.852. The minimum Gasteiger partial charge on any atom is -0.398 e. The van der Waals surface area contributed by atoms with Gasteiger partial charge in [0.2, 0.25) is 0 Å². The molecule has 1 aliphatic rings. The Kier molecular flexibility index (Phi) is 4.96. The SMILES string of the molecule is CC(C)(C)[Si](O[C@@H]1C[C@@H](N)C=C1F)(c1ccccc1)c1ccccc1. The monoisotopic (exact) mass is 355 g/mol. The first-order valence-electron chi connectivity index (χ1n) is 8.76. The van der Waals surface area contributed by atoms with Crippen LogP contribution in [0.3, 0.4) is 0 Å². The Hall–Kier alpha value is -1.75. The molecule has 2 nitrogen and oxygen atoms in total. The van der Waals surface area contributed by atoms with Crippen LogP contribution in [-0.2, 0) is 4.43 Å². The Labute approximate surface area is 150 Å². The maximum atomic E-state index is 14.5. The van der Waals surface area contributed by atoms with Crippen LogP contribution >= 0.6 is 0 Å². The van der Waals surface area contributed by atoms with Crippen LogP contribution < -0.4 is 16.1 Å². The molecule has 0 saturated carbocycles. The summed E-state index contributed by atoms with van der Waals surface area (Å²) < 4.78 is 21.2. The van der Waals surface area contributed by atoms with Crippen LogP contribution in [0.1, 0.15) is 27.2 Å². The van der Waals surface area contributed by atoms with Gasteiger partial charge in [-0.3, -0.25) is 0 Å². The molecule has 4 heteroatoms. The average Bonchev–Trinajstić information content (AvgIpc) is 2.90. The van der Waals surface area contributed by atoms with Gasteiger partial charge >= 0.3 is 0 Å². The molecule has 0 heterocycles. The summed E-state index contributed by atoms with van der Waals surface area (Å²) in [5, 5.41) is 2.15. The molecule has 0 saturated heterocycles. The lowest BCUT2D eigenvalue weighted by Crippen LogP contribution is -2.67. The molecule has 2 aromatic carbocycles. The Morgan fingerprint density at radius 2 is 1.44 bits per heavy atom. The highest BCUT2D eigenvalue weighted by Crippen LogP contribution is 2.39.